The van der Waals surface area contributed by atoms with Crippen LogP contribution in [0.15, 0.2) is 65.7 Å². The normalized spacial score (nSPS) is 33.7. The Labute approximate surface area is 304 Å². The van der Waals surface area contributed by atoms with E-state index < -0.39 is 6.10 Å². The first-order chi connectivity index (χ1) is 23.9. The molecule has 10 atom stereocenters. The third-order valence-electron chi connectivity index (χ3n) is 11.8. The lowest BCUT2D eigenvalue weighted by Gasteiger charge is -2.46. The van der Waals surface area contributed by atoms with Gasteiger partial charge in [-0.1, -0.05) is 113 Å². The molecule has 0 bridgehead atoms. The highest BCUT2D eigenvalue weighted by Crippen LogP contribution is 2.46. The standard InChI is InChI=1S/C20H30N2O2S.C20H28N2OS/c1-3-16-12-17(23)18(21-20(25)22-10-7-11-22)19(14(16)2)24-13-15-8-5-4-6-9-15;1-3-16-12-17-18(21-20(24-17)22-10-7-11-22)19(14(16)2)23-13-15-8-5-4-6-9-15/h4-6,8-9,14,16-19,23H,3,7,10-13H2,1-2H3,(H,21,25);4-6,8-9,14,16-19H,3,7,10-13H2,1-2H3/t14-,16+,17-,18+,19+;14-,16+,17+,18+,19+/m11/s1. The van der Waals surface area contributed by atoms with Crippen LogP contribution in [0.2, 0.25) is 0 Å². The highest BCUT2D eigenvalue weighted by molar-refractivity contribution is 8.14. The Morgan fingerprint density at radius 2 is 1.39 bits per heavy atom. The SMILES string of the molecule is CC[C@H]1C[C@@H](O)[C@H](NC(=S)N2CCC2)[C@@H](OCc2ccccc2)[C@@H]1C.CC[C@H]1C[C@@H]2SC(N3CCC3)=N[C@@H]2[C@@H](OCc2ccccc2)[C@@H]1C. The highest BCUT2D eigenvalue weighted by Gasteiger charge is 2.48. The number of benzene rings is 2. The number of likely N-dealkylation sites (tertiary alicyclic amines) is 2. The zero-order valence-corrected chi connectivity index (χ0v) is 31.6. The molecule has 7 nitrogen and oxygen atoms in total. The van der Waals surface area contributed by atoms with E-state index >= 15 is 0 Å². The second kappa shape index (κ2) is 17.4. The lowest BCUT2D eigenvalue weighted by molar-refractivity contribution is -0.0958. The first kappa shape index (κ1) is 36.6. The maximum Gasteiger partial charge on any atom is 0.169 e. The first-order valence-electron chi connectivity index (χ1n) is 18.9. The molecule has 268 valence electrons. The van der Waals surface area contributed by atoms with Crippen molar-refractivity contribution < 1.29 is 14.6 Å². The summed E-state index contributed by atoms with van der Waals surface area (Å²) in [6, 6.07) is 21.0. The summed E-state index contributed by atoms with van der Waals surface area (Å²) in [5.74, 6) is 2.20. The number of ether oxygens (including phenoxy) is 2. The van der Waals surface area contributed by atoms with Gasteiger partial charge < -0.3 is 29.7 Å². The number of thioether (sulfide) groups is 1. The Morgan fingerprint density at radius 3 is 1.92 bits per heavy atom. The molecule has 4 fully saturated rings. The van der Waals surface area contributed by atoms with Crippen molar-refractivity contribution in [3.8, 4) is 0 Å². The second-order valence-corrected chi connectivity index (χ2v) is 16.4. The van der Waals surface area contributed by atoms with Crippen LogP contribution < -0.4 is 5.32 Å². The van der Waals surface area contributed by atoms with Gasteiger partial charge in [-0.25, -0.2) is 0 Å². The fourth-order valence-electron chi connectivity index (χ4n) is 8.21. The first-order valence-corrected chi connectivity index (χ1v) is 20.2. The van der Waals surface area contributed by atoms with Crippen molar-refractivity contribution in [2.24, 2.45) is 28.7 Å². The van der Waals surface area contributed by atoms with Gasteiger partial charge in [-0.05, 0) is 72.7 Å². The number of hydrogen-bond acceptors (Lipinski definition) is 7. The average Bonchev–Trinajstić information content (AvgIpc) is 3.47. The minimum Gasteiger partial charge on any atom is -0.391 e. The van der Waals surface area contributed by atoms with Gasteiger partial charge in [0.2, 0.25) is 0 Å². The monoisotopic (exact) mass is 706 g/mol. The van der Waals surface area contributed by atoms with E-state index in [4.69, 9.17) is 26.7 Å². The predicted molar refractivity (Wildman–Crippen MR) is 206 cm³/mol. The van der Waals surface area contributed by atoms with Crippen molar-refractivity contribution in [1.29, 1.82) is 0 Å². The van der Waals surface area contributed by atoms with Crippen LogP contribution in [-0.4, -0.2) is 87.0 Å². The Hall–Kier alpha value is -2.17. The van der Waals surface area contributed by atoms with Crippen LogP contribution in [0.25, 0.3) is 0 Å². The fraction of sp³-hybridized carbons (Fsp3) is 0.650. The molecule has 2 saturated heterocycles. The second-order valence-electron chi connectivity index (χ2n) is 14.8. The molecule has 2 N–H and O–H groups in total. The molecule has 0 radical (unpaired) electrons. The Balaban J connectivity index is 0.000000170. The molecule has 0 aromatic heterocycles. The Bertz CT molecular complexity index is 1360. The summed E-state index contributed by atoms with van der Waals surface area (Å²) in [6.45, 7) is 14.8. The van der Waals surface area contributed by atoms with E-state index in [1.165, 1.54) is 49.5 Å². The van der Waals surface area contributed by atoms with Crippen molar-refractivity contribution in [1.82, 2.24) is 15.1 Å². The molecule has 7 rings (SSSR count). The lowest BCUT2D eigenvalue weighted by Crippen LogP contribution is -2.61. The Morgan fingerprint density at radius 1 is 0.837 bits per heavy atom. The summed E-state index contributed by atoms with van der Waals surface area (Å²) >= 11 is 7.56. The van der Waals surface area contributed by atoms with E-state index in [2.05, 4.69) is 85.3 Å². The molecule has 2 saturated carbocycles. The van der Waals surface area contributed by atoms with Crippen LogP contribution in [0, 0.1) is 23.7 Å². The smallest absolute Gasteiger partial charge is 0.169 e. The molecule has 2 aromatic carbocycles. The number of hydrogen-bond donors (Lipinski definition) is 2. The predicted octanol–water partition coefficient (Wildman–Crippen LogP) is 7.13. The molecule has 5 aliphatic rings. The number of aliphatic hydroxyl groups excluding tert-OH is 1. The summed E-state index contributed by atoms with van der Waals surface area (Å²) < 4.78 is 12.8. The molecule has 0 unspecified atom stereocenters. The summed E-state index contributed by atoms with van der Waals surface area (Å²) in [4.78, 5) is 9.73. The quantitative estimate of drug-likeness (QED) is 0.267. The van der Waals surface area contributed by atoms with E-state index in [0.29, 0.717) is 42.3 Å². The van der Waals surface area contributed by atoms with Gasteiger partial charge in [0.25, 0.3) is 0 Å². The summed E-state index contributed by atoms with van der Waals surface area (Å²) in [5.41, 5.74) is 2.42. The molecule has 3 aliphatic heterocycles. The molecule has 2 aromatic rings. The van der Waals surface area contributed by atoms with Gasteiger partial charge in [-0.2, -0.15) is 0 Å². The number of thiocarbonyl (C=S) groups is 1. The minimum absolute atomic E-state index is 0.0480. The van der Waals surface area contributed by atoms with Gasteiger partial charge in [0.05, 0.1) is 43.6 Å². The number of fused-ring (bicyclic) bond motifs is 1. The van der Waals surface area contributed by atoms with Gasteiger partial charge in [-0.15, -0.1) is 0 Å². The number of nitrogens with zero attached hydrogens (tertiary/aromatic N) is 3. The van der Waals surface area contributed by atoms with Gasteiger partial charge in [0, 0.05) is 31.4 Å². The third kappa shape index (κ3) is 8.83. The largest absolute Gasteiger partial charge is 0.391 e. The number of rotatable bonds is 9. The average molecular weight is 707 g/mol. The van der Waals surface area contributed by atoms with Crippen LogP contribution in [0.1, 0.15) is 77.3 Å². The molecular weight excluding hydrogens is 649 g/mol. The van der Waals surface area contributed by atoms with Crippen LogP contribution in [0.4, 0.5) is 0 Å². The molecule has 9 heteroatoms. The lowest BCUT2D eigenvalue weighted by atomic mass is 9.73. The third-order valence-corrected chi connectivity index (χ3v) is 13.5. The number of aliphatic imine (C=N–C) groups is 1. The molecule has 49 heavy (non-hydrogen) atoms. The van der Waals surface area contributed by atoms with Crippen molar-refractivity contribution >= 4 is 34.3 Å². The van der Waals surface area contributed by atoms with Crippen LogP contribution in [0.5, 0.6) is 0 Å². The van der Waals surface area contributed by atoms with Crippen molar-refractivity contribution in [3.63, 3.8) is 0 Å². The summed E-state index contributed by atoms with van der Waals surface area (Å²) in [6.07, 6.45) is 6.69. The van der Waals surface area contributed by atoms with E-state index in [1.54, 1.807) is 0 Å². The van der Waals surface area contributed by atoms with Gasteiger partial charge in [0.15, 0.2) is 10.3 Å². The molecule has 2 aliphatic carbocycles. The highest BCUT2D eigenvalue weighted by atomic mass is 32.2. The van der Waals surface area contributed by atoms with E-state index in [9.17, 15) is 5.11 Å². The topological polar surface area (TPSA) is 69.6 Å². The van der Waals surface area contributed by atoms with E-state index in [0.717, 1.165) is 42.5 Å². The van der Waals surface area contributed by atoms with Gasteiger partial charge in [0.1, 0.15) is 0 Å². The van der Waals surface area contributed by atoms with E-state index in [-0.39, 0.29) is 18.2 Å². The van der Waals surface area contributed by atoms with Crippen molar-refractivity contribution in [2.45, 2.75) is 115 Å². The van der Waals surface area contributed by atoms with Gasteiger partial charge in [-0.3, -0.25) is 4.99 Å². The van der Waals surface area contributed by atoms with Crippen LogP contribution in [0.3, 0.4) is 0 Å². The Kier molecular flexibility index (Phi) is 13.0. The fourth-order valence-corrected chi connectivity index (χ4v) is 10.0. The zero-order chi connectivity index (χ0) is 34.3. The molecule has 3 heterocycles. The number of aliphatic hydroxyl groups is 1. The van der Waals surface area contributed by atoms with Crippen molar-refractivity contribution in [2.75, 3.05) is 26.2 Å². The molecule has 0 spiro atoms. The number of nitrogens with one attached hydrogen (secondary N) is 1. The molecule has 0 amide bonds. The zero-order valence-electron chi connectivity index (χ0n) is 30.0. The molecular formula is C40H58N4O3S2. The minimum atomic E-state index is -0.429. The maximum absolute atomic E-state index is 10.8. The van der Waals surface area contributed by atoms with E-state index in [1.807, 2.05) is 30.0 Å². The summed E-state index contributed by atoms with van der Waals surface area (Å²) in [7, 11) is 0. The van der Waals surface area contributed by atoms with Crippen LogP contribution >= 0.6 is 24.0 Å². The van der Waals surface area contributed by atoms with Crippen LogP contribution in [-0.2, 0) is 22.7 Å². The maximum atomic E-state index is 10.8. The summed E-state index contributed by atoms with van der Waals surface area (Å²) in [5, 5.41) is 16.8. The van der Waals surface area contributed by atoms with Gasteiger partial charge >= 0.3 is 0 Å². The number of amidine groups is 1. The van der Waals surface area contributed by atoms with Crippen molar-refractivity contribution in [3.05, 3.63) is 71.8 Å².